The fourth-order valence-corrected chi connectivity index (χ4v) is 5.91. The maximum atomic E-state index is 12.9. The van der Waals surface area contributed by atoms with Gasteiger partial charge in [0.1, 0.15) is 16.6 Å². The van der Waals surface area contributed by atoms with Gasteiger partial charge in [-0.15, -0.1) is 0 Å². The molecule has 3 aromatic carbocycles. The van der Waals surface area contributed by atoms with Crippen molar-refractivity contribution >= 4 is 67.6 Å². The quantitative estimate of drug-likeness (QED) is 0.169. The average molecular weight is 644 g/mol. The Morgan fingerprint density at radius 3 is 2.38 bits per heavy atom. The molecule has 3 aromatic rings. The van der Waals surface area contributed by atoms with Gasteiger partial charge in [-0.25, -0.2) is 8.42 Å². The number of amides is 2. The number of sulfonamides is 1. The maximum absolute atomic E-state index is 12.9. The summed E-state index contributed by atoms with van der Waals surface area (Å²) in [6.45, 7) is -3.56. The Kier molecular flexibility index (Phi) is 9.18. The lowest BCUT2D eigenvalue weighted by molar-refractivity contribution is -0.137. The molecule has 0 aromatic heterocycles. The fourth-order valence-electron chi connectivity index (χ4n) is 3.62. The molecule has 2 N–H and O–H groups in total. The smallest absolute Gasteiger partial charge is 0.416 e. The van der Waals surface area contributed by atoms with E-state index in [9.17, 15) is 40.0 Å². The van der Waals surface area contributed by atoms with E-state index in [-0.39, 0.29) is 36.8 Å². The summed E-state index contributed by atoms with van der Waals surface area (Å²) in [5.41, 5.74) is -0.939. The number of carbonyl (C=O) groups is 2. The number of carbonyl (C=O) groups excluding carboxylic acids is 2. The van der Waals surface area contributed by atoms with E-state index in [1.807, 2.05) is 0 Å². The molecule has 1 saturated heterocycles. The monoisotopic (exact) mass is 643 g/mol. The second kappa shape index (κ2) is 12.5. The van der Waals surface area contributed by atoms with Crippen molar-refractivity contribution in [1.82, 2.24) is 4.90 Å². The van der Waals surface area contributed by atoms with E-state index >= 15 is 0 Å². The number of hydrogen-bond acceptors (Lipinski definition) is 7. The molecule has 2 amide bonds. The van der Waals surface area contributed by atoms with Crippen LogP contribution in [-0.4, -0.2) is 42.6 Å². The average Bonchev–Trinajstić information content (AvgIpc) is 3.16. The molecule has 1 heterocycles. The summed E-state index contributed by atoms with van der Waals surface area (Å²) in [6.07, 6.45) is -3.33. The van der Waals surface area contributed by atoms with Crippen LogP contribution in [0.25, 0.3) is 6.08 Å². The van der Waals surface area contributed by atoms with Gasteiger partial charge in [-0.05, 0) is 54.6 Å². The van der Waals surface area contributed by atoms with E-state index in [2.05, 4.69) is 14.8 Å². The molecule has 0 saturated carbocycles. The van der Waals surface area contributed by atoms with Crippen LogP contribution in [0, 0.1) is 0 Å². The van der Waals surface area contributed by atoms with Gasteiger partial charge in [-0.3, -0.25) is 19.2 Å². The van der Waals surface area contributed by atoms with Gasteiger partial charge >= 0.3 is 12.8 Å². The number of halogens is 5. The zero-order valence-electron chi connectivity index (χ0n) is 20.9. The zero-order chi connectivity index (χ0) is 30.7. The third kappa shape index (κ3) is 7.63. The van der Waals surface area contributed by atoms with Crippen LogP contribution >= 0.6 is 24.0 Å². The molecule has 16 heteroatoms. The van der Waals surface area contributed by atoms with E-state index in [0.717, 1.165) is 40.9 Å². The van der Waals surface area contributed by atoms with E-state index in [0.29, 0.717) is 6.07 Å². The Morgan fingerprint density at radius 2 is 1.71 bits per heavy atom. The van der Waals surface area contributed by atoms with Gasteiger partial charge in [0.25, 0.3) is 15.9 Å². The van der Waals surface area contributed by atoms with Crippen LogP contribution in [0.3, 0.4) is 0 Å². The number of alkyl halides is 5. The summed E-state index contributed by atoms with van der Waals surface area (Å²) < 4.78 is 96.1. The summed E-state index contributed by atoms with van der Waals surface area (Å²) >= 11 is 6.07. The normalized spacial score (nSPS) is 14.9. The zero-order valence-corrected chi connectivity index (χ0v) is 23.3. The van der Waals surface area contributed by atoms with E-state index < -0.39 is 46.7 Å². The molecule has 0 spiro atoms. The minimum atomic E-state index is -4.65. The van der Waals surface area contributed by atoms with E-state index in [4.69, 9.17) is 12.2 Å². The summed E-state index contributed by atoms with van der Waals surface area (Å²) in [5, 5.41) is 2.49. The first-order valence-electron chi connectivity index (χ1n) is 11.6. The Bertz CT molecular complexity index is 1660. The van der Waals surface area contributed by atoms with Crippen LogP contribution in [0.4, 0.5) is 33.3 Å². The summed E-state index contributed by atoms with van der Waals surface area (Å²) in [7, 11) is -4.26. The number of rotatable bonds is 9. The van der Waals surface area contributed by atoms with Crippen molar-refractivity contribution in [2.24, 2.45) is 0 Å². The molecule has 220 valence electrons. The summed E-state index contributed by atoms with van der Waals surface area (Å²) in [4.78, 5) is 26.3. The molecular weight excluding hydrogens is 625 g/mol. The highest BCUT2D eigenvalue weighted by molar-refractivity contribution is 8.26. The molecule has 0 radical (unpaired) electrons. The molecule has 1 aliphatic heterocycles. The van der Waals surface area contributed by atoms with Crippen LogP contribution in [-0.2, 0) is 25.8 Å². The molecule has 4 rings (SSSR count). The summed E-state index contributed by atoms with van der Waals surface area (Å²) in [6, 6.07) is 14.3. The Balaban J connectivity index is 1.40. The molecule has 0 aliphatic carbocycles. The first kappa shape index (κ1) is 30.9. The second-order valence-corrected chi connectivity index (χ2v) is 11.8. The highest BCUT2D eigenvalue weighted by atomic mass is 32.2. The molecule has 1 fully saturated rings. The Hall–Kier alpha value is -4.02. The number of para-hydroxylation sites is 1. The van der Waals surface area contributed by atoms with E-state index in [1.165, 1.54) is 42.5 Å². The number of hydrogen-bond donors (Lipinski definition) is 2. The van der Waals surface area contributed by atoms with Crippen LogP contribution in [0.5, 0.6) is 5.75 Å². The number of thiocarbonyl (C=S) groups is 1. The van der Waals surface area contributed by atoms with Crippen molar-refractivity contribution in [3.63, 3.8) is 0 Å². The molecule has 0 bridgehead atoms. The number of nitrogens with one attached hydrogen (secondary N) is 2. The highest BCUT2D eigenvalue weighted by Crippen LogP contribution is 2.35. The number of thioether (sulfide) groups is 1. The Labute approximate surface area is 245 Å². The lowest BCUT2D eigenvalue weighted by atomic mass is 10.2. The maximum Gasteiger partial charge on any atom is 0.416 e. The molecular formula is C26H18F5N3O5S3. The van der Waals surface area contributed by atoms with Crippen LogP contribution in [0.1, 0.15) is 11.1 Å². The molecule has 0 unspecified atom stereocenters. The van der Waals surface area contributed by atoms with Crippen molar-refractivity contribution in [1.29, 1.82) is 0 Å². The molecule has 0 atom stereocenters. The third-order valence-corrected chi connectivity index (χ3v) is 8.26. The van der Waals surface area contributed by atoms with Gasteiger partial charge in [-0.2, -0.15) is 22.0 Å². The van der Waals surface area contributed by atoms with Crippen molar-refractivity contribution in [3.05, 3.63) is 88.8 Å². The lowest BCUT2D eigenvalue weighted by Crippen LogP contribution is -2.36. The van der Waals surface area contributed by atoms with Gasteiger partial charge in [0.05, 0.1) is 15.4 Å². The number of nitrogens with zero attached hydrogens (tertiary/aromatic N) is 1. The number of anilines is 2. The van der Waals surface area contributed by atoms with Gasteiger partial charge in [0.15, 0.2) is 0 Å². The minimum absolute atomic E-state index is 0.0516. The minimum Gasteiger partial charge on any atom is -0.434 e. The van der Waals surface area contributed by atoms with Gasteiger partial charge in [-0.1, -0.05) is 48.2 Å². The molecule has 8 nitrogen and oxygen atoms in total. The lowest BCUT2D eigenvalue weighted by Gasteiger charge is -2.15. The Morgan fingerprint density at radius 1 is 1.02 bits per heavy atom. The molecule has 1 aliphatic rings. The van der Waals surface area contributed by atoms with Crippen molar-refractivity contribution in [2.75, 3.05) is 16.6 Å². The van der Waals surface area contributed by atoms with Crippen LogP contribution < -0.4 is 14.8 Å². The van der Waals surface area contributed by atoms with Gasteiger partial charge < -0.3 is 10.1 Å². The predicted molar refractivity (Wildman–Crippen MR) is 150 cm³/mol. The predicted octanol–water partition coefficient (Wildman–Crippen LogP) is 5.95. The number of benzene rings is 3. The van der Waals surface area contributed by atoms with Crippen LogP contribution in [0.15, 0.2) is 82.6 Å². The highest BCUT2D eigenvalue weighted by Gasteiger charge is 2.34. The number of ether oxygens (including phenoxy) is 1. The first-order chi connectivity index (χ1) is 19.7. The van der Waals surface area contributed by atoms with E-state index in [1.54, 1.807) is 6.07 Å². The molecule has 42 heavy (non-hydrogen) atoms. The second-order valence-electron chi connectivity index (χ2n) is 8.44. The van der Waals surface area contributed by atoms with Crippen molar-refractivity contribution in [2.45, 2.75) is 17.7 Å². The topological polar surface area (TPSA) is 105 Å². The third-order valence-electron chi connectivity index (χ3n) is 5.49. The fraction of sp³-hybridized carbons (Fsp3) is 0.115. The first-order valence-corrected chi connectivity index (χ1v) is 14.3. The van der Waals surface area contributed by atoms with Gasteiger partial charge in [0.2, 0.25) is 5.91 Å². The largest absolute Gasteiger partial charge is 0.434 e. The van der Waals surface area contributed by atoms with Gasteiger partial charge in [0, 0.05) is 16.9 Å². The SMILES string of the molecule is O=C(CN1C(=O)C(=Cc2ccccc2OC(F)F)SC1=S)Nc1ccc(S(=O)(=O)Nc2cccc(C(F)(F)F)c2)cc1. The summed E-state index contributed by atoms with van der Waals surface area (Å²) in [5.74, 6) is -1.45. The van der Waals surface area contributed by atoms with Crippen molar-refractivity contribution < 1.29 is 44.7 Å². The standard InChI is InChI=1S/C26H18F5N3O5S3/c27-24(28)39-20-7-2-1-4-15(20)12-21-23(36)34(25(40)41-21)14-22(35)32-17-8-10-19(11-9-17)42(37,38)33-18-6-3-5-16(13-18)26(29,30)31/h1-13,24,33H,14H2,(H,32,35). The van der Waals surface area contributed by atoms with Crippen LogP contribution in [0.2, 0.25) is 0 Å². The van der Waals surface area contributed by atoms with Crippen molar-refractivity contribution in [3.8, 4) is 5.75 Å².